The van der Waals surface area contributed by atoms with Crippen LogP contribution >= 0.6 is 0 Å². The number of nitrogens with zero attached hydrogens (tertiary/aromatic N) is 1. The molecule has 0 fully saturated rings. The molecule has 5 N–H and O–H groups in total. The predicted molar refractivity (Wildman–Crippen MR) is 80.7 cm³/mol. The summed E-state index contributed by atoms with van der Waals surface area (Å²) < 4.78 is 0. The van der Waals surface area contributed by atoms with Crippen molar-refractivity contribution >= 4 is 17.1 Å². The third-order valence-corrected chi connectivity index (χ3v) is 3.11. The summed E-state index contributed by atoms with van der Waals surface area (Å²) in [7, 11) is 0. The molecule has 1 rings (SSSR count). The quantitative estimate of drug-likeness (QED) is 0.678. The first-order chi connectivity index (χ1) is 8.41. The molecule has 0 radical (unpaired) electrons. The molecular weight excluding hydrogens is 224 g/mol. The maximum atomic E-state index is 5.77. The van der Waals surface area contributed by atoms with Gasteiger partial charge in [0.15, 0.2) is 0 Å². The van der Waals surface area contributed by atoms with Crippen molar-refractivity contribution in [2.45, 2.75) is 39.8 Å². The topological polar surface area (TPSA) is 67.3 Å². The first-order valence-corrected chi connectivity index (χ1v) is 6.56. The largest absolute Gasteiger partial charge is 0.397 e. The maximum absolute atomic E-state index is 5.77. The lowest BCUT2D eigenvalue weighted by atomic mass is 10.2. The van der Waals surface area contributed by atoms with Gasteiger partial charge in [0.2, 0.25) is 0 Å². The molecule has 4 nitrogen and oxygen atoms in total. The standard InChI is InChI=1S/C14H26N4/c1-10(2)18(11(3)4)8-7-17-12-5-6-13(15)14(16)9-12/h5-6,9-11,17H,7-8,15-16H2,1-4H3. The Bertz CT molecular complexity index is 366. The predicted octanol–water partition coefficient (Wildman–Crippen LogP) is 2.38. The van der Waals surface area contributed by atoms with E-state index in [-0.39, 0.29) is 0 Å². The Hall–Kier alpha value is -1.42. The minimum absolute atomic E-state index is 0.559. The van der Waals surface area contributed by atoms with Crippen LogP contribution in [0.4, 0.5) is 17.1 Å². The van der Waals surface area contributed by atoms with Gasteiger partial charge in [-0.05, 0) is 45.9 Å². The van der Waals surface area contributed by atoms with Crippen LogP contribution in [0.1, 0.15) is 27.7 Å². The normalized spacial score (nSPS) is 11.5. The summed E-state index contributed by atoms with van der Waals surface area (Å²) in [5, 5.41) is 3.38. The molecule has 0 aliphatic rings. The summed E-state index contributed by atoms with van der Waals surface area (Å²) in [5.41, 5.74) is 13.7. The molecule has 18 heavy (non-hydrogen) atoms. The minimum atomic E-state index is 0.559. The molecular formula is C14H26N4. The Morgan fingerprint density at radius 2 is 1.67 bits per heavy atom. The summed E-state index contributed by atoms with van der Waals surface area (Å²) in [6.07, 6.45) is 0. The number of nitrogens with two attached hydrogens (primary N) is 2. The van der Waals surface area contributed by atoms with E-state index in [4.69, 9.17) is 11.5 Å². The van der Waals surface area contributed by atoms with E-state index in [0.717, 1.165) is 18.8 Å². The van der Waals surface area contributed by atoms with Crippen molar-refractivity contribution in [3.63, 3.8) is 0 Å². The Kier molecular flexibility index (Phi) is 5.28. The average molecular weight is 250 g/mol. The number of rotatable bonds is 6. The molecule has 0 bridgehead atoms. The van der Waals surface area contributed by atoms with Crippen molar-refractivity contribution in [3.8, 4) is 0 Å². The molecule has 0 heterocycles. The number of hydrogen-bond donors (Lipinski definition) is 3. The zero-order valence-corrected chi connectivity index (χ0v) is 11.9. The van der Waals surface area contributed by atoms with Gasteiger partial charge in [-0.1, -0.05) is 0 Å². The van der Waals surface area contributed by atoms with E-state index in [0.29, 0.717) is 23.5 Å². The Morgan fingerprint density at radius 1 is 1.06 bits per heavy atom. The van der Waals surface area contributed by atoms with Gasteiger partial charge in [0.05, 0.1) is 11.4 Å². The summed E-state index contributed by atoms with van der Waals surface area (Å²) in [4.78, 5) is 2.45. The van der Waals surface area contributed by atoms with Crippen LogP contribution in [0.3, 0.4) is 0 Å². The number of benzene rings is 1. The molecule has 0 atom stereocenters. The van der Waals surface area contributed by atoms with Crippen molar-refractivity contribution in [2.24, 2.45) is 0 Å². The van der Waals surface area contributed by atoms with Crippen molar-refractivity contribution in [2.75, 3.05) is 29.9 Å². The maximum Gasteiger partial charge on any atom is 0.0568 e. The lowest BCUT2D eigenvalue weighted by Gasteiger charge is -2.30. The van der Waals surface area contributed by atoms with E-state index < -0.39 is 0 Å². The highest BCUT2D eigenvalue weighted by Gasteiger charge is 2.12. The molecule has 1 aromatic rings. The van der Waals surface area contributed by atoms with Gasteiger partial charge in [-0.3, -0.25) is 4.90 Å². The van der Waals surface area contributed by atoms with E-state index in [1.54, 1.807) is 0 Å². The first-order valence-electron chi connectivity index (χ1n) is 6.56. The molecule has 0 aromatic heterocycles. The molecule has 0 aliphatic heterocycles. The number of anilines is 3. The second-order valence-electron chi connectivity index (χ2n) is 5.20. The highest BCUT2D eigenvalue weighted by Crippen LogP contribution is 2.19. The van der Waals surface area contributed by atoms with E-state index in [2.05, 4.69) is 37.9 Å². The van der Waals surface area contributed by atoms with Gasteiger partial charge < -0.3 is 16.8 Å². The second kappa shape index (κ2) is 6.50. The highest BCUT2D eigenvalue weighted by atomic mass is 15.2. The van der Waals surface area contributed by atoms with Crippen molar-refractivity contribution < 1.29 is 0 Å². The van der Waals surface area contributed by atoms with Crippen LogP contribution < -0.4 is 16.8 Å². The fourth-order valence-electron chi connectivity index (χ4n) is 2.13. The van der Waals surface area contributed by atoms with Crippen LogP contribution in [-0.4, -0.2) is 30.1 Å². The van der Waals surface area contributed by atoms with Crippen LogP contribution in [0.2, 0.25) is 0 Å². The first kappa shape index (κ1) is 14.6. The van der Waals surface area contributed by atoms with Gasteiger partial charge in [-0.25, -0.2) is 0 Å². The van der Waals surface area contributed by atoms with Crippen molar-refractivity contribution in [1.29, 1.82) is 0 Å². The SMILES string of the molecule is CC(C)N(CCNc1ccc(N)c(N)c1)C(C)C. The Labute approximate surface area is 110 Å². The zero-order valence-electron chi connectivity index (χ0n) is 11.9. The van der Waals surface area contributed by atoms with Crippen LogP contribution in [0, 0.1) is 0 Å². The molecule has 102 valence electrons. The molecule has 0 spiro atoms. The number of nitrogens with one attached hydrogen (secondary N) is 1. The lowest BCUT2D eigenvalue weighted by molar-refractivity contribution is 0.182. The summed E-state index contributed by atoms with van der Waals surface area (Å²) in [5.74, 6) is 0. The van der Waals surface area contributed by atoms with Gasteiger partial charge >= 0.3 is 0 Å². The molecule has 0 saturated heterocycles. The van der Waals surface area contributed by atoms with Gasteiger partial charge in [0.1, 0.15) is 0 Å². The van der Waals surface area contributed by atoms with Gasteiger partial charge in [-0.15, -0.1) is 0 Å². The molecule has 0 saturated carbocycles. The summed E-state index contributed by atoms with van der Waals surface area (Å²) in [6, 6.07) is 6.79. The summed E-state index contributed by atoms with van der Waals surface area (Å²) in [6.45, 7) is 10.8. The second-order valence-corrected chi connectivity index (χ2v) is 5.20. The van der Waals surface area contributed by atoms with E-state index in [1.165, 1.54) is 0 Å². The third kappa shape index (κ3) is 4.11. The average Bonchev–Trinajstić information content (AvgIpc) is 2.28. The van der Waals surface area contributed by atoms with Crippen molar-refractivity contribution in [1.82, 2.24) is 4.90 Å². The fourth-order valence-corrected chi connectivity index (χ4v) is 2.13. The minimum Gasteiger partial charge on any atom is -0.397 e. The molecule has 0 unspecified atom stereocenters. The molecule has 1 aromatic carbocycles. The van der Waals surface area contributed by atoms with Gasteiger partial charge in [0.25, 0.3) is 0 Å². The zero-order chi connectivity index (χ0) is 13.7. The van der Waals surface area contributed by atoms with Crippen LogP contribution in [0.25, 0.3) is 0 Å². The highest BCUT2D eigenvalue weighted by molar-refractivity contribution is 5.69. The van der Waals surface area contributed by atoms with Crippen molar-refractivity contribution in [3.05, 3.63) is 18.2 Å². The van der Waals surface area contributed by atoms with E-state index in [9.17, 15) is 0 Å². The Balaban J connectivity index is 2.47. The van der Waals surface area contributed by atoms with Crippen LogP contribution in [0.5, 0.6) is 0 Å². The lowest BCUT2D eigenvalue weighted by Crippen LogP contribution is -2.40. The summed E-state index contributed by atoms with van der Waals surface area (Å²) >= 11 is 0. The molecule has 0 aliphatic carbocycles. The monoisotopic (exact) mass is 250 g/mol. The smallest absolute Gasteiger partial charge is 0.0568 e. The van der Waals surface area contributed by atoms with Gasteiger partial charge in [-0.2, -0.15) is 0 Å². The van der Waals surface area contributed by atoms with Crippen LogP contribution in [0.15, 0.2) is 18.2 Å². The van der Waals surface area contributed by atoms with E-state index in [1.807, 2.05) is 18.2 Å². The van der Waals surface area contributed by atoms with Crippen LogP contribution in [-0.2, 0) is 0 Å². The molecule has 0 amide bonds. The fraction of sp³-hybridized carbons (Fsp3) is 0.571. The Morgan fingerprint density at radius 3 is 2.17 bits per heavy atom. The number of nitrogen functional groups attached to an aromatic ring is 2. The van der Waals surface area contributed by atoms with Gasteiger partial charge in [0, 0.05) is 30.9 Å². The van der Waals surface area contributed by atoms with E-state index >= 15 is 0 Å². The third-order valence-electron chi connectivity index (χ3n) is 3.11. The number of hydrogen-bond acceptors (Lipinski definition) is 4. The molecule has 4 heteroatoms.